The number of anilines is 1. The first-order valence-corrected chi connectivity index (χ1v) is 13.3. The monoisotopic (exact) mass is 528 g/mol. The summed E-state index contributed by atoms with van der Waals surface area (Å²) in [5.41, 5.74) is 1.03. The number of amides is 1. The van der Waals surface area contributed by atoms with Gasteiger partial charge in [-0.2, -0.15) is 0 Å². The highest BCUT2D eigenvalue weighted by molar-refractivity contribution is 7.80. The van der Waals surface area contributed by atoms with Gasteiger partial charge < -0.3 is 24.6 Å². The normalized spacial score (nSPS) is 19.7. The lowest BCUT2D eigenvalue weighted by atomic mass is 9.95. The van der Waals surface area contributed by atoms with E-state index in [2.05, 4.69) is 29.4 Å². The smallest absolute Gasteiger partial charge is 0.241 e. The van der Waals surface area contributed by atoms with Crippen LogP contribution in [0.25, 0.3) is 0 Å². The van der Waals surface area contributed by atoms with E-state index in [1.807, 2.05) is 23.1 Å². The zero-order valence-electron chi connectivity index (χ0n) is 22.1. The summed E-state index contributed by atoms with van der Waals surface area (Å²) < 4.78 is 24.9. The van der Waals surface area contributed by atoms with Crippen LogP contribution in [0.4, 0.5) is 10.1 Å². The minimum absolute atomic E-state index is 0.162. The average molecular weight is 529 g/mol. The molecule has 2 atom stereocenters. The van der Waals surface area contributed by atoms with Crippen molar-refractivity contribution in [2.24, 2.45) is 5.92 Å². The first-order chi connectivity index (χ1) is 17.8. The van der Waals surface area contributed by atoms with Gasteiger partial charge >= 0.3 is 0 Å². The first-order valence-electron chi connectivity index (χ1n) is 12.9. The molecule has 2 aliphatic heterocycles. The minimum atomic E-state index is -0.425. The third kappa shape index (κ3) is 5.67. The maximum Gasteiger partial charge on any atom is 0.241 e. The molecule has 37 heavy (non-hydrogen) atoms. The summed E-state index contributed by atoms with van der Waals surface area (Å²) in [6, 6.07) is 12.2. The van der Waals surface area contributed by atoms with Crippen molar-refractivity contribution >= 4 is 28.9 Å². The molecule has 1 spiro atoms. The van der Waals surface area contributed by atoms with Gasteiger partial charge in [-0.05, 0) is 54.4 Å². The second-order valence-corrected chi connectivity index (χ2v) is 10.3. The second kappa shape index (κ2) is 11.6. The molecule has 0 aromatic heterocycles. The van der Waals surface area contributed by atoms with Crippen molar-refractivity contribution in [1.82, 2.24) is 15.1 Å². The van der Waals surface area contributed by atoms with Crippen LogP contribution in [0.5, 0.6) is 11.5 Å². The number of ether oxygens (including phenoxy) is 2. The zero-order chi connectivity index (χ0) is 26.6. The number of methoxy groups -OCH3 is 2. The molecule has 2 saturated heterocycles. The molecule has 2 aliphatic rings. The molecular formula is C28H37FN4O3S. The van der Waals surface area contributed by atoms with Gasteiger partial charge in [0.2, 0.25) is 5.91 Å². The van der Waals surface area contributed by atoms with E-state index in [4.69, 9.17) is 21.7 Å². The molecule has 0 bridgehead atoms. The molecule has 2 aromatic carbocycles. The number of hydrogen-bond donors (Lipinski definition) is 2. The highest BCUT2D eigenvalue weighted by Gasteiger charge is 2.52. The first kappa shape index (κ1) is 27.1. The predicted octanol–water partition coefficient (Wildman–Crippen LogP) is 4.42. The summed E-state index contributed by atoms with van der Waals surface area (Å²) in [4.78, 5) is 17.7. The quantitative estimate of drug-likeness (QED) is 0.492. The maximum absolute atomic E-state index is 14.1. The molecular weight excluding hydrogens is 491 g/mol. The van der Waals surface area contributed by atoms with E-state index in [-0.39, 0.29) is 23.7 Å². The van der Waals surface area contributed by atoms with Crippen molar-refractivity contribution in [2.45, 2.75) is 51.2 Å². The standard InChI is InChI=1S/C28H37FN4O3S/c1-5-19(2)25-26(34)33(15-12-20-10-11-23(35-3)24(18-20)36-4)28(31-25)13-16-32(17-14-28)27(37)30-22-9-7-6-8-21(22)29/h6-11,18-19,25,31H,5,12-17H2,1-4H3,(H,30,37)/t19-,25-/m1/s1. The van der Waals surface area contributed by atoms with Crippen LogP contribution in [0.15, 0.2) is 42.5 Å². The average Bonchev–Trinajstić information content (AvgIpc) is 3.18. The molecule has 4 rings (SSSR count). The van der Waals surface area contributed by atoms with Crippen LogP contribution >= 0.6 is 12.2 Å². The lowest BCUT2D eigenvalue weighted by Gasteiger charge is -2.45. The molecule has 200 valence electrons. The number of benzene rings is 2. The number of nitrogens with zero attached hydrogens (tertiary/aromatic N) is 2. The summed E-state index contributed by atoms with van der Waals surface area (Å²) in [7, 11) is 3.25. The van der Waals surface area contributed by atoms with Crippen LogP contribution in [0.2, 0.25) is 0 Å². The Bertz CT molecular complexity index is 1120. The lowest BCUT2D eigenvalue weighted by molar-refractivity contribution is -0.133. The fourth-order valence-electron chi connectivity index (χ4n) is 5.28. The third-order valence-electron chi connectivity index (χ3n) is 7.75. The van der Waals surface area contributed by atoms with E-state index in [1.54, 1.807) is 32.4 Å². The number of para-hydroxylation sites is 1. The number of piperidine rings is 1. The van der Waals surface area contributed by atoms with Gasteiger partial charge in [-0.1, -0.05) is 38.5 Å². The van der Waals surface area contributed by atoms with Gasteiger partial charge in [0.15, 0.2) is 16.6 Å². The number of thiocarbonyl (C=S) groups is 1. The van der Waals surface area contributed by atoms with E-state index < -0.39 is 5.66 Å². The molecule has 0 radical (unpaired) electrons. The Hall–Kier alpha value is -2.91. The number of halogens is 1. The molecule has 0 aliphatic carbocycles. The van der Waals surface area contributed by atoms with Crippen molar-refractivity contribution in [2.75, 3.05) is 39.2 Å². The topological polar surface area (TPSA) is 66.1 Å². The highest BCUT2D eigenvalue weighted by atomic mass is 32.1. The van der Waals surface area contributed by atoms with Crippen LogP contribution in [0.3, 0.4) is 0 Å². The lowest BCUT2D eigenvalue weighted by Crippen LogP contribution is -2.60. The summed E-state index contributed by atoms with van der Waals surface area (Å²) in [6.45, 7) is 6.19. The molecule has 0 unspecified atom stereocenters. The summed E-state index contributed by atoms with van der Waals surface area (Å²) >= 11 is 5.60. The van der Waals surface area contributed by atoms with Crippen molar-refractivity contribution in [1.29, 1.82) is 0 Å². The molecule has 1 amide bonds. The number of likely N-dealkylation sites (tertiary alicyclic amines) is 1. The molecule has 9 heteroatoms. The number of carbonyl (C=O) groups is 1. The van der Waals surface area contributed by atoms with E-state index in [0.29, 0.717) is 48.4 Å². The zero-order valence-corrected chi connectivity index (χ0v) is 22.9. The van der Waals surface area contributed by atoms with Crippen LogP contribution in [-0.2, 0) is 11.2 Å². The molecule has 7 nitrogen and oxygen atoms in total. The van der Waals surface area contributed by atoms with Crippen LogP contribution in [0.1, 0.15) is 38.7 Å². The van der Waals surface area contributed by atoms with Gasteiger partial charge in [0.1, 0.15) is 5.82 Å². The molecule has 0 saturated carbocycles. The third-order valence-corrected chi connectivity index (χ3v) is 8.11. The number of carbonyl (C=O) groups excluding carboxylic acids is 1. The fourth-order valence-corrected chi connectivity index (χ4v) is 5.57. The van der Waals surface area contributed by atoms with Crippen molar-refractivity contribution < 1.29 is 18.7 Å². The molecule has 2 aromatic rings. The Labute approximate surface area is 224 Å². The number of hydrogen-bond acceptors (Lipinski definition) is 5. The summed E-state index contributed by atoms with van der Waals surface area (Å²) in [5.74, 6) is 1.43. The number of rotatable bonds is 8. The van der Waals surface area contributed by atoms with Gasteiger partial charge in [0, 0.05) is 32.5 Å². The molecule has 2 fully saturated rings. The number of nitrogens with one attached hydrogen (secondary N) is 2. The minimum Gasteiger partial charge on any atom is -0.493 e. The largest absolute Gasteiger partial charge is 0.493 e. The Morgan fingerprint density at radius 3 is 2.54 bits per heavy atom. The Morgan fingerprint density at radius 1 is 1.19 bits per heavy atom. The second-order valence-electron chi connectivity index (χ2n) is 9.87. The van der Waals surface area contributed by atoms with Gasteiger partial charge in [-0.15, -0.1) is 0 Å². The Morgan fingerprint density at radius 2 is 1.89 bits per heavy atom. The van der Waals surface area contributed by atoms with E-state index in [1.165, 1.54) is 6.07 Å². The Balaban J connectivity index is 1.47. The summed E-state index contributed by atoms with van der Waals surface area (Å²) in [5, 5.41) is 7.27. The van der Waals surface area contributed by atoms with E-state index in [0.717, 1.165) is 24.8 Å². The molecule has 2 heterocycles. The maximum atomic E-state index is 14.1. The van der Waals surface area contributed by atoms with Crippen molar-refractivity contribution in [3.63, 3.8) is 0 Å². The van der Waals surface area contributed by atoms with Gasteiger partial charge in [-0.3, -0.25) is 10.1 Å². The van der Waals surface area contributed by atoms with Gasteiger partial charge in [0.25, 0.3) is 0 Å². The molecule has 2 N–H and O–H groups in total. The highest BCUT2D eigenvalue weighted by Crippen LogP contribution is 2.36. The SMILES string of the molecule is CC[C@@H](C)[C@H]1NC2(CCN(C(=S)Nc3ccccc3F)CC2)N(CCc2ccc(OC)c(OC)c2)C1=O. The van der Waals surface area contributed by atoms with Crippen LogP contribution in [0, 0.1) is 11.7 Å². The van der Waals surface area contributed by atoms with E-state index >= 15 is 0 Å². The fraction of sp³-hybridized carbons (Fsp3) is 0.500. The Kier molecular flexibility index (Phi) is 8.54. The van der Waals surface area contributed by atoms with Gasteiger partial charge in [0.05, 0.1) is 31.6 Å². The van der Waals surface area contributed by atoms with E-state index in [9.17, 15) is 9.18 Å². The van der Waals surface area contributed by atoms with Crippen LogP contribution in [-0.4, -0.2) is 66.4 Å². The summed E-state index contributed by atoms with van der Waals surface area (Å²) in [6.07, 6.45) is 3.10. The van der Waals surface area contributed by atoms with Gasteiger partial charge in [-0.25, -0.2) is 4.39 Å². The van der Waals surface area contributed by atoms with Crippen molar-refractivity contribution in [3.05, 3.63) is 53.8 Å². The van der Waals surface area contributed by atoms with Crippen molar-refractivity contribution in [3.8, 4) is 11.5 Å². The van der Waals surface area contributed by atoms with Crippen LogP contribution < -0.4 is 20.1 Å². The predicted molar refractivity (Wildman–Crippen MR) is 148 cm³/mol.